The van der Waals surface area contributed by atoms with Crippen molar-refractivity contribution in [2.75, 3.05) is 7.05 Å². The monoisotopic (exact) mass is 636 g/mol. The zero-order chi connectivity index (χ0) is 32.7. The maximum absolute atomic E-state index is 14.9. The SMILES string of the molecule is CNC(=O)c1c(-c2ccc(F)cc2)oc2cc(CCC(F)(F)F)c(-c3ccc(F)c(C(=O)NC4(C)CC(OC(F)F)C4)c3)cc12. The average Bonchev–Trinajstić information content (AvgIpc) is 3.32. The maximum atomic E-state index is 14.9. The molecule has 45 heavy (non-hydrogen) atoms. The Labute approximate surface area is 252 Å². The van der Waals surface area contributed by atoms with E-state index in [9.17, 15) is 40.3 Å². The second-order valence-corrected chi connectivity index (χ2v) is 11.1. The van der Waals surface area contributed by atoms with Crippen LogP contribution < -0.4 is 10.6 Å². The molecular formula is C32H27F7N2O4. The number of carbonyl (C=O) groups excluding carboxylic acids is 2. The van der Waals surface area contributed by atoms with Gasteiger partial charge in [-0.2, -0.15) is 22.0 Å². The lowest BCUT2D eigenvalue weighted by atomic mass is 9.75. The van der Waals surface area contributed by atoms with Crippen molar-refractivity contribution in [3.63, 3.8) is 0 Å². The van der Waals surface area contributed by atoms with Gasteiger partial charge in [-0.15, -0.1) is 0 Å². The van der Waals surface area contributed by atoms with Crippen molar-refractivity contribution in [1.29, 1.82) is 0 Å². The molecular weight excluding hydrogens is 609 g/mol. The Kier molecular flexibility index (Phi) is 8.67. The summed E-state index contributed by atoms with van der Waals surface area (Å²) in [7, 11) is 1.38. The average molecular weight is 637 g/mol. The van der Waals surface area contributed by atoms with E-state index in [1.807, 2.05) is 0 Å². The zero-order valence-corrected chi connectivity index (χ0v) is 24.0. The van der Waals surface area contributed by atoms with Gasteiger partial charge >= 0.3 is 12.8 Å². The Bertz CT molecular complexity index is 1740. The molecule has 3 aromatic carbocycles. The molecule has 1 fully saturated rings. The molecule has 0 atom stereocenters. The molecule has 1 aromatic heterocycles. The van der Waals surface area contributed by atoms with E-state index in [2.05, 4.69) is 15.4 Å². The highest BCUT2D eigenvalue weighted by Crippen LogP contribution is 2.40. The van der Waals surface area contributed by atoms with Crippen LogP contribution in [0.3, 0.4) is 0 Å². The van der Waals surface area contributed by atoms with Gasteiger partial charge in [-0.3, -0.25) is 9.59 Å². The minimum atomic E-state index is -4.51. The summed E-state index contributed by atoms with van der Waals surface area (Å²) in [4.78, 5) is 26.2. The molecule has 0 aliphatic heterocycles. The number of rotatable bonds is 9. The standard InChI is InChI=1S/C32H27F7N2O4/c1-31(14-20(15-31)44-30(35)36)41-28(42)22-11-17(5-8-24(22)34)21-13-23-25(12-18(21)9-10-32(37,38)39)45-27(26(23)29(43)40-2)16-3-6-19(33)7-4-16/h3-8,11-13,20,30H,9-10,14-15H2,1-2H3,(H,40,43)(H,41,42). The number of hydrogen-bond acceptors (Lipinski definition) is 4. The summed E-state index contributed by atoms with van der Waals surface area (Å²) in [6, 6.07) is 11.4. The molecule has 6 nitrogen and oxygen atoms in total. The normalized spacial score (nSPS) is 18.2. The molecule has 4 aromatic rings. The predicted octanol–water partition coefficient (Wildman–Crippen LogP) is 7.79. The largest absolute Gasteiger partial charge is 0.455 e. The quantitative estimate of drug-likeness (QED) is 0.184. The topological polar surface area (TPSA) is 80.6 Å². The summed E-state index contributed by atoms with van der Waals surface area (Å²) in [6.07, 6.45) is -6.85. The third-order valence-electron chi connectivity index (χ3n) is 7.74. The van der Waals surface area contributed by atoms with Crippen LogP contribution in [0.5, 0.6) is 0 Å². The van der Waals surface area contributed by atoms with Gasteiger partial charge in [0.1, 0.15) is 23.0 Å². The number of amides is 2. The minimum Gasteiger partial charge on any atom is -0.455 e. The van der Waals surface area contributed by atoms with Crippen molar-refractivity contribution >= 4 is 22.8 Å². The second-order valence-electron chi connectivity index (χ2n) is 11.1. The summed E-state index contributed by atoms with van der Waals surface area (Å²) < 4.78 is 104. The van der Waals surface area contributed by atoms with Crippen molar-refractivity contribution in [2.45, 2.75) is 57.0 Å². The lowest BCUT2D eigenvalue weighted by Gasteiger charge is -2.45. The van der Waals surface area contributed by atoms with Crippen molar-refractivity contribution in [1.82, 2.24) is 10.6 Å². The summed E-state index contributed by atoms with van der Waals surface area (Å²) in [5.74, 6) is -2.81. The number of hydrogen-bond donors (Lipinski definition) is 2. The van der Waals surface area contributed by atoms with E-state index in [0.717, 1.165) is 18.2 Å². The van der Waals surface area contributed by atoms with E-state index in [4.69, 9.17) is 4.42 Å². The molecule has 0 saturated heterocycles. The van der Waals surface area contributed by atoms with Crippen LogP contribution in [0.25, 0.3) is 33.4 Å². The van der Waals surface area contributed by atoms with Gasteiger partial charge in [0.2, 0.25) is 0 Å². The van der Waals surface area contributed by atoms with Gasteiger partial charge in [0, 0.05) is 30.0 Å². The van der Waals surface area contributed by atoms with Crippen molar-refractivity contribution in [2.24, 2.45) is 0 Å². The Morgan fingerprint density at radius 2 is 1.67 bits per heavy atom. The highest BCUT2D eigenvalue weighted by molar-refractivity contribution is 6.12. The molecule has 2 amide bonds. The molecule has 1 aliphatic carbocycles. The Hall–Kier alpha value is -4.39. The molecule has 0 unspecified atom stereocenters. The van der Waals surface area contributed by atoms with E-state index in [1.165, 1.54) is 43.4 Å². The molecule has 1 heterocycles. The summed E-state index contributed by atoms with van der Waals surface area (Å²) in [5, 5.41) is 5.36. The predicted molar refractivity (Wildman–Crippen MR) is 151 cm³/mol. The van der Waals surface area contributed by atoms with Crippen molar-refractivity contribution in [3.05, 3.63) is 82.9 Å². The van der Waals surface area contributed by atoms with Crippen molar-refractivity contribution in [3.8, 4) is 22.5 Å². The minimum absolute atomic E-state index is 0.0429. The third kappa shape index (κ3) is 6.98. The maximum Gasteiger partial charge on any atom is 0.389 e. The third-order valence-corrected chi connectivity index (χ3v) is 7.74. The van der Waals surface area contributed by atoms with E-state index < -0.39 is 66.3 Å². The number of alkyl halides is 5. The summed E-state index contributed by atoms with van der Waals surface area (Å²) in [6.45, 7) is -1.38. The summed E-state index contributed by atoms with van der Waals surface area (Å²) in [5.41, 5.74) is -0.350. The molecule has 238 valence electrons. The number of carbonyl (C=O) groups is 2. The molecule has 0 bridgehead atoms. The molecule has 0 radical (unpaired) electrons. The van der Waals surface area contributed by atoms with Crippen LogP contribution in [-0.4, -0.2) is 43.3 Å². The number of ether oxygens (including phenoxy) is 1. The highest BCUT2D eigenvalue weighted by atomic mass is 19.4. The van der Waals surface area contributed by atoms with Crippen LogP contribution in [0, 0.1) is 11.6 Å². The first-order chi connectivity index (χ1) is 21.2. The van der Waals surface area contributed by atoms with E-state index in [1.54, 1.807) is 6.92 Å². The first kappa shape index (κ1) is 32.0. The molecule has 0 spiro atoms. The van der Waals surface area contributed by atoms with Gasteiger partial charge in [-0.05, 0) is 91.4 Å². The van der Waals surface area contributed by atoms with Crippen LogP contribution in [0.15, 0.2) is 59.0 Å². The number of nitrogens with one attached hydrogen (secondary N) is 2. The number of aryl methyl sites for hydroxylation is 1. The van der Waals surface area contributed by atoms with E-state index >= 15 is 0 Å². The zero-order valence-electron chi connectivity index (χ0n) is 24.0. The first-order valence-electron chi connectivity index (χ1n) is 13.9. The molecule has 1 saturated carbocycles. The Balaban J connectivity index is 1.59. The Morgan fingerprint density at radius 3 is 2.29 bits per heavy atom. The fraction of sp³-hybridized carbons (Fsp3) is 0.312. The van der Waals surface area contributed by atoms with Gasteiger partial charge in [0.25, 0.3) is 11.8 Å². The van der Waals surface area contributed by atoms with Crippen LogP contribution in [0.2, 0.25) is 0 Å². The van der Waals surface area contributed by atoms with E-state index in [0.29, 0.717) is 5.56 Å². The van der Waals surface area contributed by atoms with Crippen LogP contribution in [0.4, 0.5) is 30.7 Å². The van der Waals surface area contributed by atoms with Gasteiger partial charge in [-0.1, -0.05) is 6.07 Å². The van der Waals surface area contributed by atoms with Gasteiger partial charge in [0.05, 0.1) is 17.2 Å². The lowest BCUT2D eigenvalue weighted by Crippen LogP contribution is -2.58. The van der Waals surface area contributed by atoms with Gasteiger partial charge < -0.3 is 19.8 Å². The lowest BCUT2D eigenvalue weighted by molar-refractivity contribution is -0.194. The molecule has 1 aliphatic rings. The number of furan rings is 1. The van der Waals surface area contributed by atoms with Gasteiger partial charge in [0.15, 0.2) is 0 Å². The molecule has 13 heteroatoms. The van der Waals surface area contributed by atoms with Crippen LogP contribution in [0.1, 0.15) is 52.5 Å². The first-order valence-corrected chi connectivity index (χ1v) is 13.9. The fourth-order valence-electron chi connectivity index (χ4n) is 5.59. The van der Waals surface area contributed by atoms with E-state index in [-0.39, 0.29) is 51.8 Å². The smallest absolute Gasteiger partial charge is 0.389 e. The fourth-order valence-corrected chi connectivity index (χ4v) is 5.59. The number of halogens is 7. The number of fused-ring (bicyclic) bond motifs is 1. The van der Waals surface area contributed by atoms with Crippen LogP contribution >= 0.6 is 0 Å². The van der Waals surface area contributed by atoms with Crippen molar-refractivity contribution < 1.29 is 49.5 Å². The molecule has 2 N–H and O–H groups in total. The molecule has 5 rings (SSSR count). The van der Waals surface area contributed by atoms with Crippen LogP contribution in [-0.2, 0) is 11.2 Å². The second kappa shape index (κ2) is 12.2. The highest BCUT2D eigenvalue weighted by Gasteiger charge is 2.43. The summed E-state index contributed by atoms with van der Waals surface area (Å²) >= 11 is 0. The Morgan fingerprint density at radius 1 is 1.00 bits per heavy atom. The number of benzene rings is 3. The van der Waals surface area contributed by atoms with Gasteiger partial charge in [-0.25, -0.2) is 8.78 Å².